The van der Waals surface area contributed by atoms with Gasteiger partial charge in [0.05, 0.1) is 11.6 Å². The Labute approximate surface area is 108 Å². The second-order valence-corrected chi connectivity index (χ2v) is 3.96. The van der Waals surface area contributed by atoms with E-state index >= 15 is 0 Å². The minimum atomic E-state index is -1.22. The maximum atomic E-state index is 10.2. The molecule has 7 heteroatoms. The van der Waals surface area contributed by atoms with Gasteiger partial charge in [-0.25, -0.2) is 14.4 Å². The normalized spacial score (nSPS) is 17.1. The summed E-state index contributed by atoms with van der Waals surface area (Å²) < 4.78 is 3.03. The number of nitriles is 1. The van der Waals surface area contributed by atoms with E-state index in [1.807, 2.05) is 0 Å². The molecule has 94 valence electrons. The Bertz CT molecular complexity index is 627. The molecule has 0 aliphatic carbocycles. The van der Waals surface area contributed by atoms with Gasteiger partial charge in [-0.15, -0.1) is 0 Å². The third-order valence-corrected chi connectivity index (χ3v) is 2.89. The van der Waals surface area contributed by atoms with Gasteiger partial charge in [0.1, 0.15) is 0 Å². The third-order valence-electron chi connectivity index (χ3n) is 2.89. The maximum absolute atomic E-state index is 10.2. The Morgan fingerprint density at radius 2 is 1.79 bits per heavy atom. The van der Waals surface area contributed by atoms with Gasteiger partial charge in [-0.05, 0) is 18.2 Å². The number of aromatic nitrogens is 4. The zero-order chi connectivity index (χ0) is 13.3. The van der Waals surface area contributed by atoms with Crippen LogP contribution in [0.25, 0.3) is 0 Å². The lowest BCUT2D eigenvalue weighted by molar-refractivity contribution is -0.170. The highest BCUT2D eigenvalue weighted by Gasteiger charge is 2.40. The fourth-order valence-electron chi connectivity index (χ4n) is 2.03. The molecule has 0 atom stereocenters. The van der Waals surface area contributed by atoms with E-state index in [0.717, 1.165) is 5.06 Å². The first kappa shape index (κ1) is 11.3. The summed E-state index contributed by atoms with van der Waals surface area (Å²) in [4.78, 5) is 0. The van der Waals surface area contributed by atoms with Crippen LogP contribution in [0.4, 0.5) is 0 Å². The minimum Gasteiger partial charge on any atom is -0.285 e. The molecule has 1 aliphatic rings. The van der Waals surface area contributed by atoms with E-state index in [1.165, 1.54) is 21.6 Å². The average molecular weight is 254 g/mol. The topological polar surface area (TPSA) is 82.9 Å². The fourth-order valence-corrected chi connectivity index (χ4v) is 2.03. The van der Waals surface area contributed by atoms with Crippen molar-refractivity contribution >= 4 is 0 Å². The summed E-state index contributed by atoms with van der Waals surface area (Å²) in [5.41, 5.74) is 0.413. The van der Waals surface area contributed by atoms with E-state index in [2.05, 4.69) is 16.3 Å². The van der Waals surface area contributed by atoms with Crippen molar-refractivity contribution in [2.75, 3.05) is 0 Å². The minimum absolute atomic E-state index is 0.413. The predicted molar refractivity (Wildman–Crippen MR) is 64.3 cm³/mol. The van der Waals surface area contributed by atoms with Crippen LogP contribution in [-0.4, -0.2) is 29.8 Å². The summed E-state index contributed by atoms with van der Waals surface area (Å²) in [7, 11) is 0. The van der Waals surface area contributed by atoms with Crippen molar-refractivity contribution < 1.29 is 5.21 Å². The molecular weight excluding hydrogens is 244 g/mol. The van der Waals surface area contributed by atoms with Crippen LogP contribution in [0.3, 0.4) is 0 Å². The summed E-state index contributed by atoms with van der Waals surface area (Å²) in [5, 5.41) is 28.6. The van der Waals surface area contributed by atoms with E-state index in [4.69, 9.17) is 5.26 Å². The van der Waals surface area contributed by atoms with Gasteiger partial charge in [-0.1, -0.05) is 0 Å². The molecule has 2 aromatic heterocycles. The van der Waals surface area contributed by atoms with Gasteiger partial charge >= 0.3 is 0 Å². The summed E-state index contributed by atoms with van der Waals surface area (Å²) >= 11 is 0. The third kappa shape index (κ3) is 1.55. The van der Waals surface area contributed by atoms with Gasteiger partial charge in [-0.2, -0.15) is 15.5 Å². The summed E-state index contributed by atoms with van der Waals surface area (Å²) in [6.07, 6.45) is 11.1. The van der Waals surface area contributed by atoms with Gasteiger partial charge in [-0.3, -0.25) is 5.21 Å². The molecule has 0 amide bonds. The summed E-state index contributed by atoms with van der Waals surface area (Å²) in [6, 6.07) is 5.52. The molecule has 0 aromatic carbocycles. The predicted octanol–water partition coefficient (Wildman–Crippen LogP) is 0.907. The molecule has 0 unspecified atom stereocenters. The molecule has 3 heterocycles. The molecule has 1 aliphatic heterocycles. The summed E-state index contributed by atoms with van der Waals surface area (Å²) in [5.74, 6) is -1.22. The Morgan fingerprint density at radius 1 is 1.16 bits per heavy atom. The molecule has 0 spiro atoms. The van der Waals surface area contributed by atoms with Crippen LogP contribution in [0.2, 0.25) is 0 Å². The average Bonchev–Trinajstić information content (AvgIpc) is 3.13. The molecule has 7 nitrogen and oxygen atoms in total. The lowest BCUT2D eigenvalue weighted by Gasteiger charge is -2.38. The van der Waals surface area contributed by atoms with E-state index in [0.29, 0.717) is 5.57 Å². The van der Waals surface area contributed by atoms with Crippen LogP contribution >= 0.6 is 0 Å². The number of nitrogens with zero attached hydrogens (tertiary/aromatic N) is 6. The first-order valence-corrected chi connectivity index (χ1v) is 5.57. The molecule has 2 aromatic rings. The summed E-state index contributed by atoms with van der Waals surface area (Å²) in [6.45, 7) is 0. The number of rotatable bonds is 2. The standard InChI is InChI=1S/C12H10N6O/c13-10-11-3-8-18(19)12(9-11,16-6-1-4-14-16)17-7-2-5-15-17/h1-9,19H. The van der Waals surface area contributed by atoms with E-state index in [1.54, 1.807) is 43.0 Å². The van der Waals surface area contributed by atoms with Crippen molar-refractivity contribution in [2.45, 2.75) is 5.79 Å². The van der Waals surface area contributed by atoms with E-state index in [9.17, 15) is 5.21 Å². The van der Waals surface area contributed by atoms with Crippen LogP contribution in [0.5, 0.6) is 0 Å². The van der Waals surface area contributed by atoms with Crippen molar-refractivity contribution in [3.63, 3.8) is 0 Å². The fraction of sp³-hybridized carbons (Fsp3) is 0.0833. The zero-order valence-corrected chi connectivity index (χ0v) is 9.83. The SMILES string of the molecule is N#CC1=CC(n2cccn2)(n2cccn2)N(O)C=C1. The largest absolute Gasteiger partial charge is 0.285 e. The first-order chi connectivity index (χ1) is 9.27. The molecule has 0 bridgehead atoms. The molecule has 3 rings (SSSR count). The van der Waals surface area contributed by atoms with Crippen molar-refractivity contribution in [3.8, 4) is 6.07 Å². The van der Waals surface area contributed by atoms with Gasteiger partial charge in [0.15, 0.2) is 0 Å². The van der Waals surface area contributed by atoms with Crippen molar-refractivity contribution in [1.29, 1.82) is 5.26 Å². The Kier molecular flexibility index (Phi) is 2.44. The molecule has 1 N–H and O–H groups in total. The van der Waals surface area contributed by atoms with Crippen LogP contribution < -0.4 is 0 Å². The first-order valence-electron chi connectivity index (χ1n) is 5.57. The number of hydroxylamine groups is 2. The smallest absolute Gasteiger partial charge is 0.273 e. The number of hydrogen-bond donors (Lipinski definition) is 1. The molecule has 0 saturated carbocycles. The van der Waals surface area contributed by atoms with Crippen LogP contribution in [0, 0.1) is 11.3 Å². The Balaban J connectivity index is 2.26. The molecule has 0 fully saturated rings. The van der Waals surface area contributed by atoms with Gasteiger partial charge in [0.2, 0.25) is 0 Å². The quantitative estimate of drug-likeness (QED) is 0.861. The van der Waals surface area contributed by atoms with Crippen molar-refractivity contribution in [2.24, 2.45) is 0 Å². The highest BCUT2D eigenvalue weighted by molar-refractivity contribution is 5.37. The lowest BCUT2D eigenvalue weighted by Crippen LogP contribution is -2.52. The second kappa shape index (κ2) is 4.12. The van der Waals surface area contributed by atoms with Crippen molar-refractivity contribution in [1.82, 2.24) is 24.6 Å². The number of hydrogen-bond acceptors (Lipinski definition) is 5. The van der Waals surface area contributed by atoms with Gasteiger partial charge < -0.3 is 0 Å². The van der Waals surface area contributed by atoms with Gasteiger partial charge in [0.25, 0.3) is 5.79 Å². The Hall–Kier alpha value is -2.85. The maximum Gasteiger partial charge on any atom is 0.273 e. The molecular formula is C12H10N6O. The number of allylic oxidation sites excluding steroid dienone is 2. The molecule has 0 radical (unpaired) electrons. The Morgan fingerprint density at radius 3 is 2.26 bits per heavy atom. The second-order valence-electron chi connectivity index (χ2n) is 3.96. The van der Waals surface area contributed by atoms with E-state index in [-0.39, 0.29) is 0 Å². The highest BCUT2D eigenvalue weighted by Crippen LogP contribution is 2.28. The highest BCUT2D eigenvalue weighted by atomic mass is 16.5. The molecule has 19 heavy (non-hydrogen) atoms. The zero-order valence-electron chi connectivity index (χ0n) is 9.83. The lowest BCUT2D eigenvalue weighted by atomic mass is 10.1. The van der Waals surface area contributed by atoms with Crippen molar-refractivity contribution in [3.05, 3.63) is 60.8 Å². The van der Waals surface area contributed by atoms with Crippen LogP contribution in [0.15, 0.2) is 60.8 Å². The molecule has 0 saturated heterocycles. The van der Waals surface area contributed by atoms with Crippen LogP contribution in [-0.2, 0) is 5.79 Å². The van der Waals surface area contributed by atoms with Gasteiger partial charge in [0, 0.05) is 37.1 Å². The van der Waals surface area contributed by atoms with E-state index < -0.39 is 5.79 Å². The monoisotopic (exact) mass is 254 g/mol. The van der Waals surface area contributed by atoms with Crippen LogP contribution in [0.1, 0.15) is 0 Å².